The van der Waals surface area contributed by atoms with E-state index in [0.717, 1.165) is 31.2 Å². The molecule has 1 aromatic rings. The van der Waals surface area contributed by atoms with Crippen LogP contribution in [0.5, 0.6) is 0 Å². The molecular formula is C20H32N4O. The minimum absolute atomic E-state index is 0.132. The van der Waals surface area contributed by atoms with Crippen LogP contribution in [-0.4, -0.2) is 49.2 Å². The van der Waals surface area contributed by atoms with Crippen LogP contribution >= 0.6 is 0 Å². The van der Waals surface area contributed by atoms with Crippen LogP contribution < -0.4 is 15.5 Å². The molecule has 2 fully saturated rings. The van der Waals surface area contributed by atoms with Crippen LogP contribution in [0.25, 0.3) is 0 Å². The predicted octanol–water partition coefficient (Wildman–Crippen LogP) is 3.67. The molecule has 3 rings (SSSR count). The van der Waals surface area contributed by atoms with Gasteiger partial charge < -0.3 is 15.5 Å². The third kappa shape index (κ3) is 4.88. The summed E-state index contributed by atoms with van der Waals surface area (Å²) < 4.78 is 0. The summed E-state index contributed by atoms with van der Waals surface area (Å²) in [6.45, 7) is 8.60. The van der Waals surface area contributed by atoms with Gasteiger partial charge >= 0.3 is 6.03 Å². The van der Waals surface area contributed by atoms with Crippen LogP contribution in [0.4, 0.5) is 16.2 Å². The Hall–Kier alpha value is -1.75. The number of carbonyl (C=O) groups is 1. The first-order valence-electron chi connectivity index (χ1n) is 9.82. The molecule has 0 radical (unpaired) electrons. The summed E-state index contributed by atoms with van der Waals surface area (Å²) in [6.07, 6.45) is 6.52. The molecule has 2 N–H and O–H groups in total. The zero-order chi connectivity index (χ0) is 17.6. The second-order valence-electron chi connectivity index (χ2n) is 7.42. The summed E-state index contributed by atoms with van der Waals surface area (Å²) in [6, 6.07) is 9.11. The van der Waals surface area contributed by atoms with Crippen molar-refractivity contribution in [2.75, 3.05) is 36.4 Å². The lowest BCUT2D eigenvalue weighted by Gasteiger charge is -2.39. The first-order chi connectivity index (χ1) is 12.2. The molecular weight excluding hydrogens is 312 g/mol. The zero-order valence-electron chi connectivity index (χ0n) is 15.6. The number of nitrogens with zero attached hydrogens (tertiary/aromatic N) is 2. The van der Waals surface area contributed by atoms with Crippen LogP contribution in [0.3, 0.4) is 0 Å². The smallest absolute Gasteiger partial charge is 0.319 e. The monoisotopic (exact) mass is 344 g/mol. The highest BCUT2D eigenvalue weighted by atomic mass is 16.2. The molecule has 138 valence electrons. The van der Waals surface area contributed by atoms with Gasteiger partial charge in [0.1, 0.15) is 0 Å². The number of amides is 2. The predicted molar refractivity (Wildman–Crippen MR) is 104 cm³/mol. The molecule has 1 aliphatic heterocycles. The molecule has 1 atom stereocenters. The molecule has 5 nitrogen and oxygen atoms in total. The average Bonchev–Trinajstić information content (AvgIpc) is 3.17. The molecule has 2 amide bonds. The second-order valence-corrected chi connectivity index (χ2v) is 7.42. The van der Waals surface area contributed by atoms with Crippen molar-refractivity contribution < 1.29 is 4.79 Å². The third-order valence-corrected chi connectivity index (χ3v) is 5.64. The summed E-state index contributed by atoms with van der Waals surface area (Å²) in [5.41, 5.74) is 2.09. The van der Waals surface area contributed by atoms with E-state index in [1.165, 1.54) is 44.5 Å². The van der Waals surface area contributed by atoms with Crippen molar-refractivity contribution in [3.05, 3.63) is 24.3 Å². The summed E-state index contributed by atoms with van der Waals surface area (Å²) in [5.74, 6) is 0. The molecule has 1 aromatic carbocycles. The Morgan fingerprint density at radius 2 is 1.76 bits per heavy atom. The summed E-state index contributed by atoms with van der Waals surface area (Å²) in [4.78, 5) is 17.0. The van der Waals surface area contributed by atoms with Crippen molar-refractivity contribution in [1.82, 2.24) is 10.2 Å². The molecule has 1 saturated heterocycles. The number of rotatable bonds is 5. The number of piperazine rings is 1. The van der Waals surface area contributed by atoms with Crippen LogP contribution in [0.15, 0.2) is 24.3 Å². The number of anilines is 2. The average molecular weight is 345 g/mol. The lowest BCUT2D eigenvalue weighted by molar-refractivity contribution is 0.187. The van der Waals surface area contributed by atoms with Crippen LogP contribution in [-0.2, 0) is 0 Å². The van der Waals surface area contributed by atoms with E-state index in [-0.39, 0.29) is 12.1 Å². The minimum atomic E-state index is -0.132. The minimum Gasteiger partial charge on any atom is -0.369 e. The van der Waals surface area contributed by atoms with Gasteiger partial charge in [-0.25, -0.2) is 4.79 Å². The van der Waals surface area contributed by atoms with Gasteiger partial charge in [-0.15, -0.1) is 0 Å². The molecule has 0 spiro atoms. The van der Waals surface area contributed by atoms with Gasteiger partial charge in [-0.1, -0.05) is 19.8 Å². The van der Waals surface area contributed by atoms with Gasteiger partial charge in [0.2, 0.25) is 0 Å². The van der Waals surface area contributed by atoms with Crippen molar-refractivity contribution in [2.45, 2.75) is 58.0 Å². The number of benzene rings is 1. The zero-order valence-corrected chi connectivity index (χ0v) is 15.6. The topological polar surface area (TPSA) is 47.6 Å². The van der Waals surface area contributed by atoms with Crippen molar-refractivity contribution >= 4 is 17.4 Å². The molecule has 25 heavy (non-hydrogen) atoms. The molecule has 1 unspecified atom stereocenters. The molecule has 1 heterocycles. The third-order valence-electron chi connectivity index (χ3n) is 5.64. The lowest BCUT2D eigenvalue weighted by atomic mass is 10.1. The van der Waals surface area contributed by atoms with E-state index in [1.807, 2.05) is 19.1 Å². The highest BCUT2D eigenvalue weighted by molar-refractivity contribution is 5.89. The Kier molecular flexibility index (Phi) is 6.19. The Labute approximate surface area is 151 Å². The largest absolute Gasteiger partial charge is 0.369 e. The Morgan fingerprint density at radius 1 is 1.12 bits per heavy atom. The Bertz CT molecular complexity index is 545. The van der Waals surface area contributed by atoms with E-state index in [2.05, 4.69) is 39.5 Å². The highest BCUT2D eigenvalue weighted by Gasteiger charge is 2.26. The van der Waals surface area contributed by atoms with E-state index >= 15 is 0 Å². The first kappa shape index (κ1) is 18.1. The molecule has 1 saturated carbocycles. The maximum Gasteiger partial charge on any atom is 0.319 e. The standard InChI is InChI=1S/C20H32N4O/c1-3-16(2)21-20(25)22-17-8-10-19(11-9-17)24-14-12-23(13-15-24)18-6-4-5-7-18/h8-11,16,18H,3-7,12-15H2,1-2H3,(H2,21,22,25). The summed E-state index contributed by atoms with van der Waals surface area (Å²) >= 11 is 0. The van der Waals surface area contributed by atoms with Crippen LogP contribution in [0.2, 0.25) is 0 Å². The van der Waals surface area contributed by atoms with Crippen molar-refractivity contribution in [3.8, 4) is 0 Å². The van der Waals surface area contributed by atoms with Crippen LogP contribution in [0, 0.1) is 0 Å². The molecule has 2 aliphatic rings. The fraction of sp³-hybridized carbons (Fsp3) is 0.650. The van der Waals surface area contributed by atoms with Gasteiger partial charge in [0.05, 0.1) is 0 Å². The van der Waals surface area contributed by atoms with Crippen LogP contribution in [0.1, 0.15) is 46.0 Å². The molecule has 0 bridgehead atoms. The Balaban J connectivity index is 1.48. The fourth-order valence-corrected chi connectivity index (χ4v) is 3.86. The quantitative estimate of drug-likeness (QED) is 0.857. The second kappa shape index (κ2) is 8.56. The van der Waals surface area contributed by atoms with Gasteiger partial charge in [0, 0.05) is 49.6 Å². The van der Waals surface area contributed by atoms with E-state index in [4.69, 9.17) is 0 Å². The van der Waals surface area contributed by atoms with Crippen molar-refractivity contribution in [2.24, 2.45) is 0 Å². The lowest BCUT2D eigenvalue weighted by Crippen LogP contribution is -2.49. The first-order valence-corrected chi connectivity index (χ1v) is 9.82. The molecule has 1 aliphatic carbocycles. The SMILES string of the molecule is CCC(C)NC(=O)Nc1ccc(N2CCN(C3CCCC3)CC2)cc1. The number of hydrogen-bond acceptors (Lipinski definition) is 3. The van der Waals surface area contributed by atoms with Gasteiger partial charge in [0.25, 0.3) is 0 Å². The molecule has 5 heteroatoms. The maximum atomic E-state index is 11.9. The van der Waals surface area contributed by atoms with E-state index in [0.29, 0.717) is 0 Å². The van der Waals surface area contributed by atoms with Gasteiger partial charge in [0.15, 0.2) is 0 Å². The van der Waals surface area contributed by atoms with E-state index in [1.54, 1.807) is 0 Å². The summed E-state index contributed by atoms with van der Waals surface area (Å²) in [7, 11) is 0. The number of urea groups is 1. The Morgan fingerprint density at radius 3 is 2.36 bits per heavy atom. The fourth-order valence-electron chi connectivity index (χ4n) is 3.86. The van der Waals surface area contributed by atoms with E-state index in [9.17, 15) is 4.79 Å². The van der Waals surface area contributed by atoms with E-state index < -0.39 is 0 Å². The van der Waals surface area contributed by atoms with Gasteiger partial charge in [-0.2, -0.15) is 0 Å². The number of nitrogens with one attached hydrogen (secondary N) is 2. The number of hydrogen-bond donors (Lipinski definition) is 2. The van der Waals surface area contributed by atoms with Crippen molar-refractivity contribution in [1.29, 1.82) is 0 Å². The van der Waals surface area contributed by atoms with Gasteiger partial charge in [-0.05, 0) is 50.5 Å². The summed E-state index contributed by atoms with van der Waals surface area (Å²) in [5, 5.41) is 5.83. The van der Waals surface area contributed by atoms with Gasteiger partial charge in [-0.3, -0.25) is 4.90 Å². The molecule has 0 aromatic heterocycles. The normalized spacial score (nSPS) is 20.5. The van der Waals surface area contributed by atoms with Crippen molar-refractivity contribution in [3.63, 3.8) is 0 Å². The highest BCUT2D eigenvalue weighted by Crippen LogP contribution is 2.26. The number of carbonyl (C=O) groups excluding carboxylic acids is 1. The maximum absolute atomic E-state index is 11.9.